The van der Waals surface area contributed by atoms with Gasteiger partial charge in [0.25, 0.3) is 0 Å². The van der Waals surface area contributed by atoms with Crippen molar-refractivity contribution in [2.75, 3.05) is 12.8 Å². The number of nitrogens with zero attached hydrogens (tertiary/aromatic N) is 1. The van der Waals surface area contributed by atoms with Gasteiger partial charge in [0.05, 0.1) is 12.8 Å². The summed E-state index contributed by atoms with van der Waals surface area (Å²) < 4.78 is 10.8. The van der Waals surface area contributed by atoms with Crippen LogP contribution in [0.15, 0.2) is 54.6 Å². The molecular weight excluding hydrogens is 252 g/mol. The van der Waals surface area contributed by atoms with Gasteiger partial charge in [-0.3, -0.25) is 0 Å². The van der Waals surface area contributed by atoms with Crippen molar-refractivity contribution in [2.45, 2.75) is 0 Å². The number of pyridine rings is 1. The average Bonchev–Trinajstić information content (AvgIpc) is 2.49. The van der Waals surface area contributed by atoms with Crippen LogP contribution in [0.2, 0.25) is 0 Å². The summed E-state index contributed by atoms with van der Waals surface area (Å²) in [7, 11) is 1.53. The van der Waals surface area contributed by atoms with Gasteiger partial charge in [0.15, 0.2) is 0 Å². The van der Waals surface area contributed by atoms with Crippen molar-refractivity contribution in [3.8, 4) is 17.5 Å². The molecule has 0 unspecified atom stereocenters. The number of ether oxygens (including phenoxy) is 2. The molecule has 4 heteroatoms. The van der Waals surface area contributed by atoms with Gasteiger partial charge >= 0.3 is 0 Å². The molecule has 0 saturated carbocycles. The lowest BCUT2D eigenvalue weighted by molar-refractivity contribution is 0.385. The Labute approximate surface area is 116 Å². The van der Waals surface area contributed by atoms with Crippen molar-refractivity contribution >= 4 is 16.5 Å². The zero-order valence-corrected chi connectivity index (χ0v) is 11.0. The topological polar surface area (TPSA) is 57.4 Å². The van der Waals surface area contributed by atoms with E-state index in [1.54, 1.807) is 12.1 Å². The summed E-state index contributed by atoms with van der Waals surface area (Å²) in [6.07, 6.45) is 0. The number of anilines is 1. The van der Waals surface area contributed by atoms with Crippen LogP contribution in [0.25, 0.3) is 10.8 Å². The van der Waals surface area contributed by atoms with Gasteiger partial charge in [0.1, 0.15) is 5.75 Å². The number of benzene rings is 2. The second-order valence-electron chi connectivity index (χ2n) is 4.36. The fraction of sp³-hybridized carbons (Fsp3) is 0.0625. The second kappa shape index (κ2) is 5.09. The summed E-state index contributed by atoms with van der Waals surface area (Å²) in [5, 5.41) is 2.29. The standard InChI is InChI=1S/C16H14N2O2/c1-19-16-14(17)8-9-15(18-16)20-13-7-6-11-4-2-3-5-12(11)10-13/h2-10H,17H2,1H3. The van der Waals surface area contributed by atoms with E-state index in [1.807, 2.05) is 36.4 Å². The summed E-state index contributed by atoms with van der Waals surface area (Å²) in [5.74, 6) is 1.54. The molecule has 0 aliphatic heterocycles. The highest BCUT2D eigenvalue weighted by Crippen LogP contribution is 2.27. The zero-order valence-electron chi connectivity index (χ0n) is 11.0. The Morgan fingerprint density at radius 3 is 2.55 bits per heavy atom. The molecule has 0 aliphatic carbocycles. The first-order chi connectivity index (χ1) is 9.76. The molecule has 100 valence electrons. The average molecular weight is 266 g/mol. The minimum atomic E-state index is 0.364. The number of rotatable bonds is 3. The summed E-state index contributed by atoms with van der Waals surface area (Å²) in [4.78, 5) is 4.20. The molecule has 0 radical (unpaired) electrons. The predicted octanol–water partition coefficient (Wildman–Crippen LogP) is 3.62. The fourth-order valence-electron chi connectivity index (χ4n) is 2.01. The highest BCUT2D eigenvalue weighted by Gasteiger charge is 2.05. The third kappa shape index (κ3) is 2.36. The number of fused-ring (bicyclic) bond motifs is 1. The van der Waals surface area contributed by atoms with Gasteiger partial charge in [-0.25, -0.2) is 0 Å². The van der Waals surface area contributed by atoms with Crippen LogP contribution < -0.4 is 15.2 Å². The van der Waals surface area contributed by atoms with Gasteiger partial charge in [-0.1, -0.05) is 30.3 Å². The molecule has 0 spiro atoms. The van der Waals surface area contributed by atoms with Crippen LogP contribution in [-0.2, 0) is 0 Å². The minimum absolute atomic E-state index is 0.364. The molecule has 0 amide bonds. The second-order valence-corrected chi connectivity index (χ2v) is 4.36. The number of hydrogen-bond donors (Lipinski definition) is 1. The highest BCUT2D eigenvalue weighted by molar-refractivity contribution is 5.83. The molecular formula is C16H14N2O2. The van der Waals surface area contributed by atoms with Gasteiger partial charge in [0, 0.05) is 6.07 Å². The largest absolute Gasteiger partial charge is 0.479 e. The van der Waals surface area contributed by atoms with Crippen molar-refractivity contribution in [3.05, 3.63) is 54.6 Å². The van der Waals surface area contributed by atoms with E-state index in [4.69, 9.17) is 15.2 Å². The van der Waals surface area contributed by atoms with Gasteiger partial charge in [-0.2, -0.15) is 4.98 Å². The molecule has 0 atom stereocenters. The predicted molar refractivity (Wildman–Crippen MR) is 79.2 cm³/mol. The van der Waals surface area contributed by atoms with Gasteiger partial charge in [0.2, 0.25) is 11.8 Å². The first kappa shape index (κ1) is 12.3. The Balaban J connectivity index is 1.92. The third-order valence-electron chi connectivity index (χ3n) is 3.00. The molecule has 0 fully saturated rings. The molecule has 1 aromatic heterocycles. The fourth-order valence-corrected chi connectivity index (χ4v) is 2.01. The van der Waals surface area contributed by atoms with E-state index < -0.39 is 0 Å². The van der Waals surface area contributed by atoms with E-state index in [-0.39, 0.29) is 0 Å². The van der Waals surface area contributed by atoms with Crippen molar-refractivity contribution < 1.29 is 9.47 Å². The SMILES string of the molecule is COc1nc(Oc2ccc3ccccc3c2)ccc1N. The molecule has 20 heavy (non-hydrogen) atoms. The summed E-state index contributed by atoms with van der Waals surface area (Å²) in [6.45, 7) is 0. The van der Waals surface area contributed by atoms with Crippen molar-refractivity contribution in [1.29, 1.82) is 0 Å². The van der Waals surface area contributed by atoms with Crippen molar-refractivity contribution in [3.63, 3.8) is 0 Å². The maximum absolute atomic E-state index is 5.74. The van der Waals surface area contributed by atoms with Crippen LogP contribution in [-0.4, -0.2) is 12.1 Å². The first-order valence-corrected chi connectivity index (χ1v) is 6.23. The smallest absolute Gasteiger partial charge is 0.240 e. The Hall–Kier alpha value is -2.75. The Morgan fingerprint density at radius 1 is 0.950 bits per heavy atom. The Morgan fingerprint density at radius 2 is 1.75 bits per heavy atom. The quantitative estimate of drug-likeness (QED) is 0.786. The Bertz CT molecular complexity index is 756. The lowest BCUT2D eigenvalue weighted by Crippen LogP contribution is -1.96. The van der Waals surface area contributed by atoms with Crippen LogP contribution in [0.4, 0.5) is 5.69 Å². The molecule has 1 heterocycles. The van der Waals surface area contributed by atoms with Crippen molar-refractivity contribution in [1.82, 2.24) is 4.98 Å². The van der Waals surface area contributed by atoms with E-state index in [1.165, 1.54) is 12.5 Å². The zero-order chi connectivity index (χ0) is 13.9. The summed E-state index contributed by atoms with van der Waals surface area (Å²) in [5.41, 5.74) is 6.21. The first-order valence-electron chi connectivity index (χ1n) is 6.23. The van der Waals surface area contributed by atoms with E-state index in [2.05, 4.69) is 11.1 Å². The van der Waals surface area contributed by atoms with Crippen LogP contribution >= 0.6 is 0 Å². The monoisotopic (exact) mass is 266 g/mol. The number of aromatic nitrogens is 1. The van der Waals surface area contributed by atoms with Gasteiger partial charge in [-0.15, -0.1) is 0 Å². The van der Waals surface area contributed by atoms with Gasteiger partial charge < -0.3 is 15.2 Å². The lowest BCUT2D eigenvalue weighted by atomic mass is 10.1. The van der Waals surface area contributed by atoms with Gasteiger partial charge in [-0.05, 0) is 29.0 Å². The molecule has 0 bridgehead atoms. The molecule has 0 aliphatic rings. The van der Waals surface area contributed by atoms with E-state index >= 15 is 0 Å². The molecule has 0 saturated heterocycles. The number of hydrogen-bond acceptors (Lipinski definition) is 4. The highest BCUT2D eigenvalue weighted by atomic mass is 16.5. The number of nitrogens with two attached hydrogens (primary N) is 1. The molecule has 3 rings (SSSR count). The number of methoxy groups -OCH3 is 1. The molecule has 3 aromatic rings. The van der Waals surface area contributed by atoms with Crippen LogP contribution in [0, 0.1) is 0 Å². The maximum atomic E-state index is 5.74. The third-order valence-corrected chi connectivity index (χ3v) is 3.00. The molecule has 2 aromatic carbocycles. The Kier molecular flexibility index (Phi) is 3.13. The molecule has 4 nitrogen and oxygen atoms in total. The van der Waals surface area contributed by atoms with Crippen LogP contribution in [0.3, 0.4) is 0 Å². The minimum Gasteiger partial charge on any atom is -0.479 e. The van der Waals surface area contributed by atoms with E-state index in [9.17, 15) is 0 Å². The van der Waals surface area contributed by atoms with Crippen LogP contribution in [0.5, 0.6) is 17.5 Å². The number of nitrogen functional groups attached to an aromatic ring is 1. The van der Waals surface area contributed by atoms with Crippen molar-refractivity contribution in [2.24, 2.45) is 0 Å². The van der Waals surface area contributed by atoms with E-state index in [0.717, 1.165) is 11.1 Å². The maximum Gasteiger partial charge on any atom is 0.240 e. The summed E-state index contributed by atoms with van der Waals surface area (Å²) >= 11 is 0. The van der Waals surface area contributed by atoms with Crippen LogP contribution in [0.1, 0.15) is 0 Å². The van der Waals surface area contributed by atoms with E-state index in [0.29, 0.717) is 17.4 Å². The normalized spacial score (nSPS) is 10.4. The lowest BCUT2D eigenvalue weighted by Gasteiger charge is -2.08. The molecule has 2 N–H and O–H groups in total. The summed E-state index contributed by atoms with van der Waals surface area (Å²) in [6, 6.07) is 17.4.